The summed E-state index contributed by atoms with van der Waals surface area (Å²) in [6.45, 7) is 2.10. The summed E-state index contributed by atoms with van der Waals surface area (Å²) in [5.41, 5.74) is -1.60. The molecule has 7 heteroatoms. The van der Waals surface area contributed by atoms with E-state index in [4.69, 9.17) is 11.6 Å². The van der Waals surface area contributed by atoms with E-state index >= 15 is 0 Å². The quantitative estimate of drug-likeness (QED) is 0.742. The smallest absolute Gasteiger partial charge is 0.150 e. The second-order valence-corrected chi connectivity index (χ2v) is 8.94. The van der Waals surface area contributed by atoms with Crippen LogP contribution in [0, 0.1) is 0 Å². The highest BCUT2D eigenvalue weighted by Crippen LogP contribution is 2.28. The molecule has 1 aromatic rings. The van der Waals surface area contributed by atoms with Crippen LogP contribution in [0.15, 0.2) is 24.3 Å². The number of nitrogens with one attached hydrogen (secondary N) is 1. The Morgan fingerprint density at radius 2 is 1.91 bits per heavy atom. The Balaban J connectivity index is 1.92. The molecule has 1 unspecified atom stereocenters. The van der Waals surface area contributed by atoms with Gasteiger partial charge in [-0.25, -0.2) is 8.42 Å². The summed E-state index contributed by atoms with van der Waals surface area (Å²) in [5.74, 6) is 0.0121. The topological polar surface area (TPSA) is 86.6 Å². The monoisotopic (exact) mass is 347 g/mol. The van der Waals surface area contributed by atoms with Crippen LogP contribution in [0.4, 0.5) is 0 Å². The SMILES string of the molecule is CC(O)(CNCC1(O)CCS(=O)(=O)CC1)c1ccccc1Cl. The van der Waals surface area contributed by atoms with Crippen LogP contribution in [0.5, 0.6) is 0 Å². The Hall–Kier alpha value is -0.660. The standard InChI is InChI=1S/C15H22ClNO4S/c1-14(18,12-4-2-3-5-13(12)16)10-17-11-15(19)6-8-22(20,21)9-7-15/h2-5,17-19H,6-11H2,1H3. The van der Waals surface area contributed by atoms with E-state index in [1.54, 1.807) is 31.2 Å². The fourth-order valence-electron chi connectivity index (χ4n) is 2.63. The minimum atomic E-state index is -3.01. The highest BCUT2D eigenvalue weighted by Gasteiger charge is 2.35. The maximum Gasteiger partial charge on any atom is 0.150 e. The first-order valence-electron chi connectivity index (χ1n) is 7.25. The molecule has 1 aromatic carbocycles. The summed E-state index contributed by atoms with van der Waals surface area (Å²) in [4.78, 5) is 0. The maximum atomic E-state index is 11.4. The van der Waals surface area contributed by atoms with Crippen LogP contribution in [0.3, 0.4) is 0 Å². The highest BCUT2D eigenvalue weighted by atomic mass is 35.5. The molecular formula is C15H22ClNO4S. The lowest BCUT2D eigenvalue weighted by Gasteiger charge is -2.33. The van der Waals surface area contributed by atoms with Crippen molar-refractivity contribution in [3.05, 3.63) is 34.9 Å². The first-order chi connectivity index (χ1) is 10.1. The van der Waals surface area contributed by atoms with E-state index in [2.05, 4.69) is 5.32 Å². The molecule has 3 N–H and O–H groups in total. The summed E-state index contributed by atoms with van der Waals surface area (Å²) in [6.07, 6.45) is 0.438. The molecule has 1 saturated heterocycles. The zero-order valence-corrected chi connectivity index (χ0v) is 14.1. The zero-order valence-electron chi connectivity index (χ0n) is 12.5. The summed E-state index contributed by atoms with van der Waals surface area (Å²) in [6, 6.07) is 7.06. The van der Waals surface area contributed by atoms with E-state index in [0.29, 0.717) is 10.6 Å². The average molecular weight is 348 g/mol. The summed E-state index contributed by atoms with van der Waals surface area (Å²) in [7, 11) is -3.01. The van der Waals surface area contributed by atoms with E-state index in [9.17, 15) is 18.6 Å². The second kappa shape index (κ2) is 6.45. The summed E-state index contributed by atoms with van der Waals surface area (Å²) >= 11 is 6.09. The molecule has 1 aliphatic heterocycles. The van der Waals surface area contributed by atoms with Gasteiger partial charge in [0, 0.05) is 23.7 Å². The molecule has 0 amide bonds. The molecule has 1 heterocycles. The van der Waals surface area contributed by atoms with Crippen molar-refractivity contribution in [1.82, 2.24) is 5.32 Å². The molecule has 0 saturated carbocycles. The zero-order chi connectivity index (χ0) is 16.4. The van der Waals surface area contributed by atoms with Gasteiger partial charge in [0.25, 0.3) is 0 Å². The molecule has 124 valence electrons. The molecule has 2 rings (SSSR count). The Morgan fingerprint density at radius 3 is 2.50 bits per heavy atom. The molecule has 0 radical (unpaired) electrons. The molecular weight excluding hydrogens is 326 g/mol. The van der Waals surface area contributed by atoms with Crippen LogP contribution in [-0.2, 0) is 15.4 Å². The maximum absolute atomic E-state index is 11.4. The van der Waals surface area contributed by atoms with Gasteiger partial charge in [-0.05, 0) is 25.8 Å². The van der Waals surface area contributed by atoms with Gasteiger partial charge in [0.1, 0.15) is 5.60 Å². The van der Waals surface area contributed by atoms with E-state index in [0.717, 1.165) is 0 Å². The molecule has 5 nitrogen and oxygen atoms in total. The fourth-order valence-corrected chi connectivity index (χ4v) is 4.55. The normalized spacial score (nSPS) is 22.9. The fraction of sp³-hybridized carbons (Fsp3) is 0.600. The Bertz CT molecular complexity index is 616. The van der Waals surface area contributed by atoms with Gasteiger partial charge in [0.05, 0.1) is 17.1 Å². The number of hydrogen-bond acceptors (Lipinski definition) is 5. The third-order valence-corrected chi connectivity index (χ3v) is 6.12. The van der Waals surface area contributed by atoms with Crippen molar-refractivity contribution >= 4 is 21.4 Å². The number of hydrogen-bond donors (Lipinski definition) is 3. The molecule has 0 aliphatic carbocycles. The van der Waals surface area contributed by atoms with Gasteiger partial charge in [-0.1, -0.05) is 29.8 Å². The first-order valence-corrected chi connectivity index (χ1v) is 9.44. The van der Waals surface area contributed by atoms with Gasteiger partial charge in [0.2, 0.25) is 0 Å². The van der Waals surface area contributed by atoms with Crippen molar-refractivity contribution in [2.24, 2.45) is 0 Å². The average Bonchev–Trinajstić information content (AvgIpc) is 2.43. The molecule has 22 heavy (non-hydrogen) atoms. The lowest BCUT2D eigenvalue weighted by molar-refractivity contribution is 0.0150. The summed E-state index contributed by atoms with van der Waals surface area (Å²) < 4.78 is 22.8. The predicted octanol–water partition coefficient (Wildman–Crippen LogP) is 1.08. The van der Waals surface area contributed by atoms with Crippen molar-refractivity contribution in [3.63, 3.8) is 0 Å². The van der Waals surface area contributed by atoms with Crippen molar-refractivity contribution in [2.45, 2.75) is 31.0 Å². The minimum Gasteiger partial charge on any atom is -0.388 e. The number of benzene rings is 1. The number of halogens is 1. The molecule has 1 aliphatic rings. The number of sulfone groups is 1. The van der Waals surface area contributed by atoms with Gasteiger partial charge < -0.3 is 15.5 Å². The van der Waals surface area contributed by atoms with Gasteiger partial charge in [-0.2, -0.15) is 0 Å². The third-order valence-electron chi connectivity index (χ3n) is 4.13. The predicted molar refractivity (Wildman–Crippen MR) is 86.7 cm³/mol. The Kier molecular flexibility index (Phi) is 5.19. The molecule has 0 bridgehead atoms. The number of aliphatic hydroxyl groups is 2. The van der Waals surface area contributed by atoms with Gasteiger partial charge >= 0.3 is 0 Å². The van der Waals surface area contributed by atoms with Crippen LogP contribution >= 0.6 is 11.6 Å². The van der Waals surface area contributed by atoms with Crippen LogP contribution in [-0.4, -0.2) is 48.8 Å². The lowest BCUT2D eigenvalue weighted by atomic mass is 9.94. The van der Waals surface area contributed by atoms with Crippen molar-refractivity contribution in [3.8, 4) is 0 Å². The van der Waals surface area contributed by atoms with Crippen LogP contribution in [0.1, 0.15) is 25.3 Å². The second-order valence-electron chi connectivity index (χ2n) is 6.23. The van der Waals surface area contributed by atoms with Gasteiger partial charge in [0.15, 0.2) is 9.84 Å². The van der Waals surface area contributed by atoms with Crippen molar-refractivity contribution in [1.29, 1.82) is 0 Å². The van der Waals surface area contributed by atoms with E-state index in [1.165, 1.54) is 0 Å². The lowest BCUT2D eigenvalue weighted by Crippen LogP contribution is -2.49. The highest BCUT2D eigenvalue weighted by molar-refractivity contribution is 7.91. The number of rotatable bonds is 5. The Morgan fingerprint density at radius 1 is 1.32 bits per heavy atom. The van der Waals surface area contributed by atoms with E-state index in [-0.39, 0.29) is 37.4 Å². The summed E-state index contributed by atoms with van der Waals surface area (Å²) in [5, 5.41) is 24.4. The third kappa shape index (κ3) is 4.43. The molecule has 0 spiro atoms. The van der Waals surface area contributed by atoms with E-state index in [1.807, 2.05) is 0 Å². The Labute approximate surface area is 136 Å². The van der Waals surface area contributed by atoms with Crippen LogP contribution in [0.25, 0.3) is 0 Å². The molecule has 1 atom stereocenters. The van der Waals surface area contributed by atoms with Gasteiger partial charge in [-0.3, -0.25) is 0 Å². The van der Waals surface area contributed by atoms with Gasteiger partial charge in [-0.15, -0.1) is 0 Å². The first kappa shape index (κ1) is 17.7. The minimum absolute atomic E-state index is 0.00604. The molecule has 1 fully saturated rings. The largest absolute Gasteiger partial charge is 0.388 e. The van der Waals surface area contributed by atoms with Crippen molar-refractivity contribution in [2.75, 3.05) is 24.6 Å². The molecule has 0 aromatic heterocycles. The van der Waals surface area contributed by atoms with E-state index < -0.39 is 21.0 Å². The van der Waals surface area contributed by atoms with Crippen LogP contribution in [0.2, 0.25) is 5.02 Å². The van der Waals surface area contributed by atoms with Crippen molar-refractivity contribution < 1.29 is 18.6 Å². The van der Waals surface area contributed by atoms with Crippen LogP contribution < -0.4 is 5.32 Å².